The summed E-state index contributed by atoms with van der Waals surface area (Å²) in [6.07, 6.45) is 1.33. The molecule has 1 aromatic heterocycles. The van der Waals surface area contributed by atoms with Crippen molar-refractivity contribution in [1.82, 2.24) is 15.8 Å². The quantitative estimate of drug-likeness (QED) is 0.875. The molecule has 2 aromatic rings. The monoisotopic (exact) mass is 343 g/mol. The Kier molecular flexibility index (Phi) is 4.85. The molecule has 4 atom stereocenters. The number of para-hydroxylation sites is 1. The fourth-order valence-electron chi connectivity index (χ4n) is 3.94. The zero-order chi connectivity index (χ0) is 16.4. The Hall–Kier alpha value is -1.40. The lowest BCUT2D eigenvalue weighted by Gasteiger charge is -2.37. The highest BCUT2D eigenvalue weighted by atomic mass is 32.1. The van der Waals surface area contributed by atoms with Gasteiger partial charge in [0, 0.05) is 31.6 Å². The zero-order valence-corrected chi connectivity index (χ0v) is 14.8. The van der Waals surface area contributed by atoms with Crippen LogP contribution in [0.15, 0.2) is 47.2 Å². The number of nitrogens with zero attached hydrogens (tertiary/aromatic N) is 1. The Morgan fingerprint density at radius 2 is 2.12 bits per heavy atom. The number of hydrogen-bond acceptors (Lipinski definition) is 5. The van der Waals surface area contributed by atoms with Gasteiger partial charge >= 0.3 is 0 Å². The van der Waals surface area contributed by atoms with E-state index in [1.165, 1.54) is 12.0 Å². The Labute approximate surface area is 147 Å². The molecule has 4 unspecified atom stereocenters. The number of benzene rings is 1. The van der Waals surface area contributed by atoms with Crippen molar-refractivity contribution in [2.45, 2.75) is 38.1 Å². The lowest BCUT2D eigenvalue weighted by molar-refractivity contribution is 0.104. The fourth-order valence-corrected chi connectivity index (χ4v) is 4.60. The van der Waals surface area contributed by atoms with Crippen molar-refractivity contribution in [2.24, 2.45) is 5.92 Å². The number of likely N-dealkylation sites (tertiary alicyclic amines) is 1. The zero-order valence-electron chi connectivity index (χ0n) is 14.0. The second-order valence-electron chi connectivity index (χ2n) is 6.88. The van der Waals surface area contributed by atoms with E-state index in [4.69, 9.17) is 4.74 Å². The molecule has 3 heterocycles. The summed E-state index contributed by atoms with van der Waals surface area (Å²) >= 11 is 1.78. The molecule has 0 spiro atoms. The van der Waals surface area contributed by atoms with Crippen molar-refractivity contribution in [1.29, 1.82) is 0 Å². The van der Waals surface area contributed by atoms with Crippen LogP contribution in [0, 0.1) is 5.92 Å². The van der Waals surface area contributed by atoms with Crippen LogP contribution >= 0.6 is 11.3 Å². The Morgan fingerprint density at radius 1 is 1.25 bits per heavy atom. The molecule has 1 aromatic carbocycles. The van der Waals surface area contributed by atoms with Crippen molar-refractivity contribution in [2.75, 3.05) is 13.1 Å². The first-order valence-electron chi connectivity index (χ1n) is 8.76. The predicted molar refractivity (Wildman–Crippen MR) is 98.1 cm³/mol. The van der Waals surface area contributed by atoms with Crippen LogP contribution in [0.25, 0.3) is 0 Å². The van der Waals surface area contributed by atoms with Gasteiger partial charge < -0.3 is 4.74 Å². The van der Waals surface area contributed by atoms with Gasteiger partial charge in [-0.3, -0.25) is 15.8 Å². The van der Waals surface area contributed by atoms with Gasteiger partial charge in [0.25, 0.3) is 0 Å². The average molecular weight is 343 g/mol. The molecule has 5 heteroatoms. The molecule has 2 aliphatic heterocycles. The SMILES string of the molecule is CC(Oc1ccccc1)C1NNC2CCN(Cc3ccsc3)CC21. The van der Waals surface area contributed by atoms with E-state index in [-0.39, 0.29) is 6.10 Å². The predicted octanol–water partition coefficient (Wildman–Crippen LogP) is 2.88. The summed E-state index contributed by atoms with van der Waals surface area (Å²) in [4.78, 5) is 2.58. The van der Waals surface area contributed by atoms with Crippen molar-refractivity contribution in [3.05, 3.63) is 52.7 Å². The van der Waals surface area contributed by atoms with Crippen LogP contribution < -0.4 is 15.6 Å². The van der Waals surface area contributed by atoms with Crippen LogP contribution in [-0.4, -0.2) is 36.2 Å². The fraction of sp³-hybridized carbons (Fsp3) is 0.474. The molecule has 4 nitrogen and oxygen atoms in total. The third-order valence-corrected chi connectivity index (χ3v) is 5.93. The number of rotatable bonds is 5. The van der Waals surface area contributed by atoms with E-state index in [9.17, 15) is 0 Å². The van der Waals surface area contributed by atoms with Crippen molar-refractivity contribution in [3.63, 3.8) is 0 Å². The molecule has 2 aliphatic rings. The molecule has 2 saturated heterocycles. The van der Waals surface area contributed by atoms with Gasteiger partial charge in [0.05, 0.1) is 6.04 Å². The lowest BCUT2D eigenvalue weighted by Crippen LogP contribution is -2.49. The average Bonchev–Trinajstić information content (AvgIpc) is 3.25. The molecule has 4 rings (SSSR count). The Balaban J connectivity index is 1.39. The van der Waals surface area contributed by atoms with Crippen LogP contribution in [0.3, 0.4) is 0 Å². The molecule has 0 saturated carbocycles. The summed E-state index contributed by atoms with van der Waals surface area (Å²) in [5.41, 5.74) is 8.43. The minimum absolute atomic E-state index is 0.135. The highest BCUT2D eigenvalue weighted by molar-refractivity contribution is 7.07. The second kappa shape index (κ2) is 7.23. The van der Waals surface area contributed by atoms with Gasteiger partial charge in [-0.15, -0.1) is 0 Å². The smallest absolute Gasteiger partial charge is 0.119 e. The summed E-state index contributed by atoms with van der Waals surface area (Å²) in [7, 11) is 0. The first-order valence-corrected chi connectivity index (χ1v) is 9.70. The molecular weight excluding hydrogens is 318 g/mol. The van der Waals surface area contributed by atoms with Crippen LogP contribution in [0.5, 0.6) is 5.75 Å². The van der Waals surface area contributed by atoms with Gasteiger partial charge in [-0.1, -0.05) is 18.2 Å². The second-order valence-corrected chi connectivity index (χ2v) is 7.66. The van der Waals surface area contributed by atoms with Crippen molar-refractivity contribution in [3.8, 4) is 5.75 Å². The summed E-state index contributed by atoms with van der Waals surface area (Å²) in [5, 5.41) is 4.43. The molecule has 0 aliphatic carbocycles. The maximum Gasteiger partial charge on any atom is 0.119 e. The first kappa shape index (κ1) is 16.1. The minimum Gasteiger partial charge on any atom is -0.489 e. The number of hydrazine groups is 1. The van der Waals surface area contributed by atoms with E-state index < -0.39 is 0 Å². The molecule has 0 amide bonds. The lowest BCUT2D eigenvalue weighted by atomic mass is 9.86. The standard InChI is InChI=1S/C19H25N3OS/c1-14(23-16-5-3-2-4-6-16)19-17-12-22(9-7-18(17)20-21-19)11-15-8-10-24-13-15/h2-6,8,10,13-14,17-21H,7,9,11-12H2,1H3. The number of fused-ring (bicyclic) bond motifs is 1. The van der Waals surface area contributed by atoms with Crippen molar-refractivity contribution >= 4 is 11.3 Å². The topological polar surface area (TPSA) is 36.5 Å². The highest BCUT2D eigenvalue weighted by Gasteiger charge is 2.42. The van der Waals surface area contributed by atoms with Crippen LogP contribution in [-0.2, 0) is 6.54 Å². The normalized spacial score (nSPS) is 28.5. The van der Waals surface area contributed by atoms with E-state index in [2.05, 4.69) is 39.5 Å². The van der Waals surface area contributed by atoms with Crippen LogP contribution in [0.1, 0.15) is 18.9 Å². The molecular formula is C19H25N3OS. The van der Waals surface area contributed by atoms with Gasteiger partial charge in [0.2, 0.25) is 0 Å². The van der Waals surface area contributed by atoms with Crippen molar-refractivity contribution < 1.29 is 4.74 Å². The van der Waals surface area contributed by atoms with E-state index in [0.717, 1.165) is 25.4 Å². The molecule has 2 fully saturated rings. The number of piperidine rings is 1. The van der Waals surface area contributed by atoms with Crippen LogP contribution in [0.4, 0.5) is 0 Å². The van der Waals surface area contributed by atoms with Gasteiger partial charge in [0.1, 0.15) is 11.9 Å². The highest BCUT2D eigenvalue weighted by Crippen LogP contribution is 2.28. The molecule has 2 N–H and O–H groups in total. The van der Waals surface area contributed by atoms with E-state index in [0.29, 0.717) is 18.0 Å². The van der Waals surface area contributed by atoms with E-state index in [1.807, 2.05) is 30.3 Å². The number of thiophene rings is 1. The van der Waals surface area contributed by atoms with Gasteiger partial charge in [-0.2, -0.15) is 11.3 Å². The number of nitrogens with one attached hydrogen (secondary N) is 2. The minimum atomic E-state index is 0.135. The molecule has 128 valence electrons. The van der Waals surface area contributed by atoms with Crippen LogP contribution in [0.2, 0.25) is 0 Å². The summed E-state index contributed by atoms with van der Waals surface area (Å²) in [5.74, 6) is 1.53. The van der Waals surface area contributed by atoms with Gasteiger partial charge in [0.15, 0.2) is 0 Å². The maximum atomic E-state index is 6.17. The molecule has 0 radical (unpaired) electrons. The third-order valence-electron chi connectivity index (χ3n) is 5.20. The molecule has 24 heavy (non-hydrogen) atoms. The summed E-state index contributed by atoms with van der Waals surface area (Å²) in [6.45, 7) is 5.51. The molecule has 0 bridgehead atoms. The largest absolute Gasteiger partial charge is 0.489 e. The van der Waals surface area contributed by atoms with E-state index >= 15 is 0 Å². The Bertz CT molecular complexity index is 633. The summed E-state index contributed by atoms with van der Waals surface area (Å²) in [6, 6.07) is 13.2. The first-order chi connectivity index (χ1) is 11.8. The van der Waals surface area contributed by atoms with E-state index in [1.54, 1.807) is 11.3 Å². The summed E-state index contributed by atoms with van der Waals surface area (Å²) < 4.78 is 6.17. The third kappa shape index (κ3) is 3.49. The Morgan fingerprint density at radius 3 is 2.92 bits per heavy atom. The van der Waals surface area contributed by atoms with Gasteiger partial charge in [-0.25, -0.2) is 0 Å². The number of hydrogen-bond donors (Lipinski definition) is 2. The van der Waals surface area contributed by atoms with Gasteiger partial charge in [-0.05, 0) is 47.9 Å². The number of ether oxygens (including phenoxy) is 1. The maximum absolute atomic E-state index is 6.17.